The minimum absolute atomic E-state index is 0.379. The third-order valence-corrected chi connectivity index (χ3v) is 3.27. The van der Waals surface area contributed by atoms with Crippen LogP contribution in [0.1, 0.15) is 18.4 Å². The molecule has 100 valence electrons. The Bertz CT molecular complexity index is 397. The lowest BCUT2D eigenvalue weighted by Gasteiger charge is -2.24. The summed E-state index contributed by atoms with van der Waals surface area (Å²) in [5.41, 5.74) is 0.0183. The third-order valence-electron chi connectivity index (χ3n) is 3.27. The Hall–Kier alpha value is -1.23. The van der Waals surface area contributed by atoms with E-state index >= 15 is 0 Å². The second-order valence-corrected chi connectivity index (χ2v) is 4.72. The molecule has 0 spiro atoms. The summed E-state index contributed by atoms with van der Waals surface area (Å²) in [4.78, 5) is 1.87. The molecule has 0 saturated carbocycles. The Labute approximate surface area is 105 Å². The maximum Gasteiger partial charge on any atom is 0.416 e. The van der Waals surface area contributed by atoms with Crippen LogP contribution in [0.15, 0.2) is 24.3 Å². The van der Waals surface area contributed by atoms with Gasteiger partial charge in [0.2, 0.25) is 0 Å². The molecule has 1 unspecified atom stereocenters. The number of nitrogens with zero attached hydrogens (tertiary/aromatic N) is 1. The number of nitrogens with one attached hydrogen (secondary N) is 1. The van der Waals surface area contributed by atoms with Gasteiger partial charge < -0.3 is 10.2 Å². The van der Waals surface area contributed by atoms with Crippen LogP contribution in [0.3, 0.4) is 0 Å². The van der Waals surface area contributed by atoms with Crippen molar-refractivity contribution in [2.75, 3.05) is 25.0 Å². The monoisotopic (exact) mass is 258 g/mol. The van der Waals surface area contributed by atoms with E-state index in [9.17, 15) is 13.2 Å². The molecule has 1 aromatic rings. The molecule has 1 aromatic carbocycles. The van der Waals surface area contributed by atoms with E-state index < -0.39 is 11.7 Å². The molecule has 1 atom stereocenters. The second-order valence-electron chi connectivity index (χ2n) is 4.72. The van der Waals surface area contributed by atoms with Crippen molar-refractivity contribution in [2.45, 2.75) is 25.1 Å². The maximum absolute atomic E-state index is 12.6. The van der Waals surface area contributed by atoms with E-state index in [2.05, 4.69) is 5.32 Å². The number of benzene rings is 1. The summed E-state index contributed by atoms with van der Waals surface area (Å²) >= 11 is 0. The summed E-state index contributed by atoms with van der Waals surface area (Å²) in [5, 5.41) is 3.34. The Morgan fingerprint density at radius 1 is 1.39 bits per heavy atom. The quantitative estimate of drug-likeness (QED) is 0.896. The number of hydrogen-bond acceptors (Lipinski definition) is 2. The van der Waals surface area contributed by atoms with Gasteiger partial charge in [-0.05, 0) is 37.6 Å². The SMILES string of the molecule is CN(CC1CCCN1)c1cccc(C(F)(F)F)c1. The van der Waals surface area contributed by atoms with Crippen LogP contribution in [0.2, 0.25) is 0 Å². The predicted octanol–water partition coefficient (Wildman–Crippen LogP) is 2.89. The van der Waals surface area contributed by atoms with Gasteiger partial charge in [-0.2, -0.15) is 13.2 Å². The van der Waals surface area contributed by atoms with Gasteiger partial charge in [0.25, 0.3) is 0 Å². The van der Waals surface area contributed by atoms with E-state index in [0.29, 0.717) is 11.7 Å². The van der Waals surface area contributed by atoms with Crippen molar-refractivity contribution in [1.29, 1.82) is 0 Å². The first kappa shape index (κ1) is 13.2. The minimum atomic E-state index is -4.28. The minimum Gasteiger partial charge on any atom is -0.373 e. The van der Waals surface area contributed by atoms with Crippen molar-refractivity contribution in [3.05, 3.63) is 29.8 Å². The largest absolute Gasteiger partial charge is 0.416 e. The average molecular weight is 258 g/mol. The van der Waals surface area contributed by atoms with Crippen LogP contribution >= 0.6 is 0 Å². The summed E-state index contributed by atoms with van der Waals surface area (Å²) in [6, 6.07) is 5.85. The Morgan fingerprint density at radius 2 is 2.17 bits per heavy atom. The van der Waals surface area contributed by atoms with Crippen molar-refractivity contribution < 1.29 is 13.2 Å². The molecule has 1 fully saturated rings. The Morgan fingerprint density at radius 3 is 2.78 bits per heavy atom. The summed E-state index contributed by atoms with van der Waals surface area (Å²) in [5.74, 6) is 0. The van der Waals surface area contributed by atoms with Crippen molar-refractivity contribution in [3.8, 4) is 0 Å². The molecule has 2 nitrogen and oxygen atoms in total. The van der Waals surface area contributed by atoms with Crippen LogP contribution in [0.4, 0.5) is 18.9 Å². The lowest BCUT2D eigenvalue weighted by molar-refractivity contribution is -0.137. The topological polar surface area (TPSA) is 15.3 Å². The fourth-order valence-corrected chi connectivity index (χ4v) is 2.27. The van der Waals surface area contributed by atoms with Gasteiger partial charge in [0.15, 0.2) is 0 Å². The molecule has 0 bridgehead atoms. The normalized spacial score (nSPS) is 20.1. The van der Waals surface area contributed by atoms with Crippen LogP contribution in [-0.2, 0) is 6.18 Å². The van der Waals surface area contributed by atoms with Gasteiger partial charge in [-0.25, -0.2) is 0 Å². The first-order chi connectivity index (χ1) is 8.47. The highest BCUT2D eigenvalue weighted by atomic mass is 19.4. The Balaban J connectivity index is 2.07. The van der Waals surface area contributed by atoms with Gasteiger partial charge in [-0.15, -0.1) is 0 Å². The summed E-state index contributed by atoms with van der Waals surface area (Å²) in [6.07, 6.45) is -2.05. The smallest absolute Gasteiger partial charge is 0.373 e. The molecule has 1 saturated heterocycles. The maximum atomic E-state index is 12.6. The molecule has 1 N–H and O–H groups in total. The Kier molecular flexibility index (Phi) is 3.80. The summed E-state index contributed by atoms with van der Waals surface area (Å²) in [7, 11) is 1.83. The van der Waals surface area contributed by atoms with Crippen LogP contribution < -0.4 is 10.2 Å². The standard InChI is InChI=1S/C13H17F3N2/c1-18(9-11-5-3-7-17-11)12-6-2-4-10(8-12)13(14,15)16/h2,4,6,8,11,17H,3,5,7,9H2,1H3. The van der Waals surface area contributed by atoms with Gasteiger partial charge in [0.1, 0.15) is 0 Å². The molecule has 0 radical (unpaired) electrons. The van der Waals surface area contributed by atoms with Gasteiger partial charge in [-0.3, -0.25) is 0 Å². The van der Waals surface area contributed by atoms with Gasteiger partial charge in [0.05, 0.1) is 5.56 Å². The molecular formula is C13H17F3N2. The summed E-state index contributed by atoms with van der Waals surface area (Å²) in [6.45, 7) is 1.74. The van der Waals surface area contributed by atoms with Crippen LogP contribution in [-0.4, -0.2) is 26.2 Å². The highest BCUT2D eigenvalue weighted by Crippen LogP contribution is 2.31. The fourth-order valence-electron chi connectivity index (χ4n) is 2.27. The molecule has 2 rings (SSSR count). The highest BCUT2D eigenvalue weighted by Gasteiger charge is 2.30. The summed E-state index contributed by atoms with van der Waals surface area (Å²) < 4.78 is 37.8. The van der Waals surface area contributed by atoms with Crippen molar-refractivity contribution >= 4 is 5.69 Å². The van der Waals surface area contributed by atoms with Crippen LogP contribution in [0.5, 0.6) is 0 Å². The predicted molar refractivity (Wildman–Crippen MR) is 65.7 cm³/mol. The lowest BCUT2D eigenvalue weighted by Crippen LogP contribution is -2.35. The molecule has 1 heterocycles. The number of likely N-dealkylation sites (N-methyl/N-ethyl adjacent to an activating group) is 1. The zero-order valence-electron chi connectivity index (χ0n) is 10.3. The van der Waals surface area contributed by atoms with E-state index in [4.69, 9.17) is 0 Å². The molecular weight excluding hydrogens is 241 g/mol. The number of alkyl halides is 3. The number of anilines is 1. The molecule has 1 aliphatic heterocycles. The average Bonchev–Trinajstić information content (AvgIpc) is 2.81. The first-order valence-electron chi connectivity index (χ1n) is 6.08. The van der Waals surface area contributed by atoms with E-state index in [1.54, 1.807) is 6.07 Å². The molecule has 5 heteroatoms. The molecule has 1 aliphatic rings. The number of rotatable bonds is 3. The van der Waals surface area contributed by atoms with Crippen molar-refractivity contribution in [2.24, 2.45) is 0 Å². The van der Waals surface area contributed by atoms with Gasteiger partial charge in [-0.1, -0.05) is 6.07 Å². The third kappa shape index (κ3) is 3.16. The van der Waals surface area contributed by atoms with E-state index in [0.717, 1.165) is 32.0 Å². The highest BCUT2D eigenvalue weighted by molar-refractivity contribution is 5.48. The van der Waals surface area contributed by atoms with E-state index in [1.807, 2.05) is 11.9 Å². The van der Waals surface area contributed by atoms with Gasteiger partial charge >= 0.3 is 6.18 Å². The molecule has 0 aliphatic carbocycles. The van der Waals surface area contributed by atoms with Crippen LogP contribution in [0.25, 0.3) is 0 Å². The zero-order valence-corrected chi connectivity index (χ0v) is 10.3. The molecule has 0 aromatic heterocycles. The molecule has 18 heavy (non-hydrogen) atoms. The van der Waals surface area contributed by atoms with Gasteiger partial charge in [0, 0.05) is 25.3 Å². The fraction of sp³-hybridized carbons (Fsp3) is 0.538. The zero-order chi connectivity index (χ0) is 13.2. The molecule has 0 amide bonds. The van der Waals surface area contributed by atoms with E-state index in [-0.39, 0.29) is 0 Å². The first-order valence-corrected chi connectivity index (χ1v) is 6.08. The second kappa shape index (κ2) is 5.18. The van der Waals surface area contributed by atoms with Crippen LogP contribution in [0, 0.1) is 0 Å². The number of halogens is 3. The van der Waals surface area contributed by atoms with Crippen molar-refractivity contribution in [3.63, 3.8) is 0 Å². The lowest BCUT2D eigenvalue weighted by atomic mass is 10.1. The van der Waals surface area contributed by atoms with Crippen molar-refractivity contribution in [1.82, 2.24) is 5.32 Å². The number of hydrogen-bond donors (Lipinski definition) is 1. The van der Waals surface area contributed by atoms with E-state index in [1.165, 1.54) is 12.1 Å².